The highest BCUT2D eigenvalue weighted by atomic mass is 32.2. The average molecular weight is 415 g/mol. The number of thioether (sulfide) groups is 1. The third-order valence-corrected chi connectivity index (χ3v) is 6.95. The SMILES string of the molecule is CCc1[nH]c2cc(F)ccc2c1C1CCCN(CCCSc2ccc(F)cc2)C1. The summed E-state index contributed by atoms with van der Waals surface area (Å²) in [5, 5.41) is 1.18. The number of halogens is 2. The number of aryl methyl sites for hydroxylation is 1. The number of H-pyrrole nitrogens is 1. The van der Waals surface area contributed by atoms with Crippen molar-refractivity contribution >= 4 is 22.7 Å². The molecule has 1 N–H and O–H groups in total. The standard InChI is InChI=1S/C24H28F2N2S/c1-2-22-24(21-11-8-19(26)15-23(21)27-22)17-5-3-12-28(16-17)13-4-14-29-20-9-6-18(25)7-10-20/h6-11,15,17,27H,2-5,12-14,16H2,1H3. The molecule has 0 spiro atoms. The number of aromatic nitrogens is 1. The van der Waals surface area contributed by atoms with Gasteiger partial charge in [0.05, 0.1) is 0 Å². The second-order valence-electron chi connectivity index (χ2n) is 7.86. The van der Waals surface area contributed by atoms with Gasteiger partial charge >= 0.3 is 0 Å². The first kappa shape index (κ1) is 20.4. The molecular weight excluding hydrogens is 386 g/mol. The quantitative estimate of drug-likeness (QED) is 0.358. The Morgan fingerprint density at radius 3 is 2.69 bits per heavy atom. The number of piperidine rings is 1. The summed E-state index contributed by atoms with van der Waals surface area (Å²) in [7, 11) is 0. The summed E-state index contributed by atoms with van der Waals surface area (Å²) < 4.78 is 26.7. The smallest absolute Gasteiger partial charge is 0.125 e. The first-order valence-corrected chi connectivity index (χ1v) is 11.5. The van der Waals surface area contributed by atoms with Crippen LogP contribution in [0.1, 0.15) is 43.4 Å². The highest BCUT2D eigenvalue weighted by Gasteiger charge is 2.25. The van der Waals surface area contributed by atoms with Crippen LogP contribution in [-0.4, -0.2) is 35.3 Å². The molecule has 2 heterocycles. The van der Waals surface area contributed by atoms with Crippen LogP contribution in [0.3, 0.4) is 0 Å². The zero-order valence-corrected chi connectivity index (χ0v) is 17.7. The van der Waals surface area contributed by atoms with Crippen molar-refractivity contribution in [2.24, 2.45) is 0 Å². The van der Waals surface area contributed by atoms with Crippen LogP contribution >= 0.6 is 11.8 Å². The zero-order valence-electron chi connectivity index (χ0n) is 16.9. The highest BCUT2D eigenvalue weighted by Crippen LogP contribution is 2.35. The predicted octanol–water partition coefficient (Wildman–Crippen LogP) is 6.37. The van der Waals surface area contributed by atoms with Gasteiger partial charge in [0.25, 0.3) is 0 Å². The number of likely N-dealkylation sites (tertiary alicyclic amines) is 1. The maximum atomic E-state index is 13.7. The molecule has 1 saturated heterocycles. The molecule has 2 nitrogen and oxygen atoms in total. The van der Waals surface area contributed by atoms with Gasteiger partial charge in [0.15, 0.2) is 0 Å². The van der Waals surface area contributed by atoms with Crippen LogP contribution in [0.15, 0.2) is 47.4 Å². The molecule has 1 fully saturated rings. The maximum Gasteiger partial charge on any atom is 0.125 e. The Balaban J connectivity index is 1.37. The Hall–Kier alpha value is -1.85. The van der Waals surface area contributed by atoms with Gasteiger partial charge in [-0.3, -0.25) is 0 Å². The van der Waals surface area contributed by atoms with Crippen LogP contribution in [0.5, 0.6) is 0 Å². The molecule has 0 amide bonds. The topological polar surface area (TPSA) is 19.0 Å². The fourth-order valence-electron chi connectivity index (χ4n) is 4.50. The van der Waals surface area contributed by atoms with Crippen molar-refractivity contribution in [3.8, 4) is 0 Å². The molecule has 1 atom stereocenters. The van der Waals surface area contributed by atoms with Crippen molar-refractivity contribution in [1.82, 2.24) is 9.88 Å². The summed E-state index contributed by atoms with van der Waals surface area (Å²) in [6, 6.07) is 11.9. The number of benzene rings is 2. The summed E-state index contributed by atoms with van der Waals surface area (Å²) in [5.74, 6) is 1.18. The van der Waals surface area contributed by atoms with Crippen molar-refractivity contribution in [3.63, 3.8) is 0 Å². The fraction of sp³-hybridized carbons (Fsp3) is 0.417. The molecule has 5 heteroatoms. The molecule has 1 aliphatic heterocycles. The Morgan fingerprint density at radius 1 is 1.10 bits per heavy atom. The van der Waals surface area contributed by atoms with Gasteiger partial charge in [-0.1, -0.05) is 6.92 Å². The van der Waals surface area contributed by atoms with E-state index in [1.54, 1.807) is 23.9 Å². The molecule has 4 rings (SSSR count). The van der Waals surface area contributed by atoms with Crippen LogP contribution in [-0.2, 0) is 6.42 Å². The van der Waals surface area contributed by atoms with Gasteiger partial charge in [0, 0.05) is 28.0 Å². The average Bonchev–Trinajstić information content (AvgIpc) is 3.10. The van der Waals surface area contributed by atoms with Gasteiger partial charge in [0.2, 0.25) is 0 Å². The van der Waals surface area contributed by atoms with Crippen LogP contribution in [0, 0.1) is 11.6 Å². The lowest BCUT2D eigenvalue weighted by atomic mass is 9.88. The first-order chi connectivity index (χ1) is 14.1. The molecule has 0 radical (unpaired) electrons. The van der Waals surface area contributed by atoms with Crippen molar-refractivity contribution in [3.05, 3.63) is 65.4 Å². The first-order valence-electron chi connectivity index (χ1n) is 10.5. The molecule has 3 aromatic rings. The summed E-state index contributed by atoms with van der Waals surface area (Å²) in [5.41, 5.74) is 3.57. The van der Waals surface area contributed by atoms with Crippen molar-refractivity contribution in [1.29, 1.82) is 0 Å². The van der Waals surface area contributed by atoms with Gasteiger partial charge in [-0.05, 0) is 98.5 Å². The van der Waals surface area contributed by atoms with E-state index in [0.29, 0.717) is 5.92 Å². The summed E-state index contributed by atoms with van der Waals surface area (Å²) in [6.07, 6.45) is 4.45. The van der Waals surface area contributed by atoms with E-state index in [9.17, 15) is 8.78 Å². The number of hydrogen-bond acceptors (Lipinski definition) is 2. The van der Waals surface area contributed by atoms with Crippen LogP contribution < -0.4 is 0 Å². The van der Waals surface area contributed by atoms with Crippen molar-refractivity contribution in [2.45, 2.75) is 43.4 Å². The number of hydrogen-bond donors (Lipinski definition) is 1. The Kier molecular flexibility index (Phi) is 6.56. The minimum Gasteiger partial charge on any atom is -0.358 e. The molecule has 1 unspecified atom stereocenters. The lowest BCUT2D eigenvalue weighted by Gasteiger charge is -2.33. The van der Waals surface area contributed by atoms with Crippen molar-refractivity contribution in [2.75, 3.05) is 25.4 Å². The lowest BCUT2D eigenvalue weighted by molar-refractivity contribution is 0.209. The van der Waals surface area contributed by atoms with Gasteiger partial charge < -0.3 is 9.88 Å². The molecule has 0 bridgehead atoms. The van der Waals surface area contributed by atoms with E-state index in [1.807, 2.05) is 18.2 Å². The minimum absolute atomic E-state index is 0.180. The van der Waals surface area contributed by atoms with Crippen LogP contribution in [0.4, 0.5) is 8.78 Å². The molecule has 0 aliphatic carbocycles. The molecular formula is C24H28F2N2S. The van der Waals surface area contributed by atoms with E-state index in [4.69, 9.17) is 0 Å². The van der Waals surface area contributed by atoms with E-state index in [2.05, 4.69) is 16.8 Å². The third-order valence-electron chi connectivity index (χ3n) is 5.85. The normalized spacial score (nSPS) is 17.8. The molecule has 154 valence electrons. The largest absolute Gasteiger partial charge is 0.358 e. The van der Waals surface area contributed by atoms with E-state index >= 15 is 0 Å². The summed E-state index contributed by atoms with van der Waals surface area (Å²) in [6.45, 7) is 5.47. The highest BCUT2D eigenvalue weighted by molar-refractivity contribution is 7.99. The van der Waals surface area contributed by atoms with Gasteiger partial charge in [-0.2, -0.15) is 0 Å². The summed E-state index contributed by atoms with van der Waals surface area (Å²) >= 11 is 1.79. The minimum atomic E-state index is -0.183. The Morgan fingerprint density at radius 2 is 1.90 bits per heavy atom. The molecule has 1 aliphatic rings. The Labute approximate surface area is 175 Å². The molecule has 0 saturated carbocycles. The molecule has 1 aromatic heterocycles. The summed E-state index contributed by atoms with van der Waals surface area (Å²) in [4.78, 5) is 7.15. The van der Waals surface area contributed by atoms with E-state index in [0.717, 1.165) is 48.6 Å². The van der Waals surface area contributed by atoms with Crippen LogP contribution in [0.25, 0.3) is 10.9 Å². The molecule has 2 aromatic carbocycles. The van der Waals surface area contributed by atoms with E-state index in [1.165, 1.54) is 41.6 Å². The number of rotatable bonds is 7. The third kappa shape index (κ3) is 4.84. The second kappa shape index (κ2) is 9.31. The maximum absolute atomic E-state index is 13.7. The van der Waals surface area contributed by atoms with Gasteiger partial charge in [-0.25, -0.2) is 8.78 Å². The van der Waals surface area contributed by atoms with Crippen molar-refractivity contribution < 1.29 is 8.78 Å². The van der Waals surface area contributed by atoms with Gasteiger partial charge in [0.1, 0.15) is 11.6 Å². The van der Waals surface area contributed by atoms with E-state index < -0.39 is 0 Å². The lowest BCUT2D eigenvalue weighted by Crippen LogP contribution is -2.35. The fourth-order valence-corrected chi connectivity index (χ4v) is 5.33. The zero-order chi connectivity index (χ0) is 20.2. The molecule has 29 heavy (non-hydrogen) atoms. The predicted molar refractivity (Wildman–Crippen MR) is 118 cm³/mol. The van der Waals surface area contributed by atoms with Crippen LogP contribution in [0.2, 0.25) is 0 Å². The number of nitrogens with zero attached hydrogens (tertiary/aromatic N) is 1. The Bertz CT molecular complexity index is 951. The van der Waals surface area contributed by atoms with Gasteiger partial charge in [-0.15, -0.1) is 11.8 Å². The number of fused-ring (bicyclic) bond motifs is 1. The second-order valence-corrected chi connectivity index (χ2v) is 9.02. The number of nitrogens with one attached hydrogen (secondary N) is 1. The van der Waals surface area contributed by atoms with E-state index in [-0.39, 0.29) is 11.6 Å². The number of aromatic amines is 1. The monoisotopic (exact) mass is 414 g/mol.